The van der Waals surface area contributed by atoms with Crippen LogP contribution in [-0.2, 0) is 0 Å². The summed E-state index contributed by atoms with van der Waals surface area (Å²) in [6.45, 7) is 2.00. The van der Waals surface area contributed by atoms with Crippen LogP contribution in [0.5, 0.6) is 0 Å². The average molecular weight is 246 g/mol. The smallest absolute Gasteiger partial charge is 0.141 e. The summed E-state index contributed by atoms with van der Waals surface area (Å²) in [5.74, 6) is 5.65. The van der Waals surface area contributed by atoms with E-state index >= 15 is 0 Å². The van der Waals surface area contributed by atoms with Crippen molar-refractivity contribution in [1.82, 2.24) is 4.98 Å². The van der Waals surface area contributed by atoms with Gasteiger partial charge in [-0.2, -0.15) is 0 Å². The molecule has 18 heavy (non-hydrogen) atoms. The normalized spacial score (nSPS) is 11.9. The molecule has 0 spiro atoms. The van der Waals surface area contributed by atoms with E-state index in [0.29, 0.717) is 5.82 Å². The van der Waals surface area contributed by atoms with Crippen LogP contribution in [0.4, 0.5) is 15.9 Å². The lowest BCUT2D eigenvalue weighted by molar-refractivity contribution is 0.626. The molecule has 5 heteroatoms. The fourth-order valence-corrected chi connectivity index (χ4v) is 1.68. The summed E-state index contributed by atoms with van der Waals surface area (Å²) in [7, 11) is 0. The third kappa shape index (κ3) is 2.95. The van der Waals surface area contributed by atoms with Crippen molar-refractivity contribution in [1.29, 1.82) is 0 Å². The van der Waals surface area contributed by atoms with E-state index in [-0.39, 0.29) is 11.9 Å². The Morgan fingerprint density at radius 1 is 1.22 bits per heavy atom. The number of halogens is 1. The van der Waals surface area contributed by atoms with Crippen LogP contribution in [-0.4, -0.2) is 4.98 Å². The fourth-order valence-electron chi connectivity index (χ4n) is 1.68. The summed E-state index contributed by atoms with van der Waals surface area (Å²) in [5.41, 5.74) is 4.39. The highest BCUT2D eigenvalue weighted by molar-refractivity contribution is 5.52. The lowest BCUT2D eigenvalue weighted by Crippen LogP contribution is -2.10. The number of nitrogens with one attached hydrogen (secondary N) is 2. The van der Waals surface area contributed by atoms with Crippen molar-refractivity contribution >= 4 is 11.5 Å². The van der Waals surface area contributed by atoms with Gasteiger partial charge >= 0.3 is 0 Å². The number of nitrogen functional groups attached to an aromatic ring is 1. The van der Waals surface area contributed by atoms with E-state index in [1.165, 1.54) is 12.1 Å². The minimum Gasteiger partial charge on any atom is -0.378 e. The first-order chi connectivity index (χ1) is 8.69. The largest absolute Gasteiger partial charge is 0.378 e. The molecule has 2 aromatic rings. The molecule has 0 saturated carbocycles. The lowest BCUT2D eigenvalue weighted by Gasteiger charge is -2.16. The lowest BCUT2D eigenvalue weighted by atomic mass is 10.1. The van der Waals surface area contributed by atoms with Gasteiger partial charge in [0.15, 0.2) is 0 Å². The third-order valence-corrected chi connectivity index (χ3v) is 2.66. The van der Waals surface area contributed by atoms with Crippen molar-refractivity contribution in [3.63, 3.8) is 0 Å². The van der Waals surface area contributed by atoms with Gasteiger partial charge in [-0.3, -0.25) is 0 Å². The zero-order valence-corrected chi connectivity index (χ0v) is 10.0. The van der Waals surface area contributed by atoms with Crippen molar-refractivity contribution in [3.8, 4) is 0 Å². The zero-order chi connectivity index (χ0) is 13.0. The van der Waals surface area contributed by atoms with Gasteiger partial charge in [0.2, 0.25) is 0 Å². The van der Waals surface area contributed by atoms with Crippen LogP contribution >= 0.6 is 0 Å². The molecule has 94 valence electrons. The van der Waals surface area contributed by atoms with Crippen LogP contribution < -0.4 is 16.6 Å². The second kappa shape index (κ2) is 5.46. The highest BCUT2D eigenvalue weighted by Gasteiger charge is 2.05. The summed E-state index contributed by atoms with van der Waals surface area (Å²) in [6.07, 6.45) is 1.66. The van der Waals surface area contributed by atoms with Crippen LogP contribution in [0.1, 0.15) is 18.5 Å². The Morgan fingerprint density at radius 2 is 1.94 bits per heavy atom. The van der Waals surface area contributed by atoms with Crippen molar-refractivity contribution in [2.24, 2.45) is 5.84 Å². The van der Waals surface area contributed by atoms with E-state index in [1.807, 2.05) is 13.0 Å². The van der Waals surface area contributed by atoms with Gasteiger partial charge in [0.1, 0.15) is 11.6 Å². The molecule has 0 fully saturated rings. The molecule has 0 saturated heterocycles. The zero-order valence-electron chi connectivity index (χ0n) is 10.0. The van der Waals surface area contributed by atoms with Crippen LogP contribution in [0.2, 0.25) is 0 Å². The molecule has 1 atom stereocenters. The average Bonchev–Trinajstić information content (AvgIpc) is 2.39. The monoisotopic (exact) mass is 246 g/mol. The number of benzene rings is 1. The maximum absolute atomic E-state index is 12.8. The van der Waals surface area contributed by atoms with Crippen LogP contribution in [0.25, 0.3) is 0 Å². The second-order valence-electron chi connectivity index (χ2n) is 3.99. The highest BCUT2D eigenvalue weighted by atomic mass is 19.1. The minimum absolute atomic E-state index is 0.0682. The molecular weight excluding hydrogens is 231 g/mol. The van der Waals surface area contributed by atoms with Crippen LogP contribution in [0.15, 0.2) is 42.6 Å². The Kier molecular flexibility index (Phi) is 3.74. The molecule has 1 aromatic heterocycles. The van der Waals surface area contributed by atoms with E-state index in [2.05, 4.69) is 15.7 Å². The number of nitrogens with two attached hydrogens (primary N) is 1. The van der Waals surface area contributed by atoms with Gasteiger partial charge < -0.3 is 10.7 Å². The molecule has 1 aromatic carbocycles. The molecule has 1 heterocycles. The Bertz CT molecular complexity index is 513. The summed E-state index contributed by atoms with van der Waals surface area (Å²) in [4.78, 5) is 4.02. The van der Waals surface area contributed by atoms with Gasteiger partial charge in [0.25, 0.3) is 0 Å². The van der Waals surface area contributed by atoms with Crippen LogP contribution in [0.3, 0.4) is 0 Å². The van der Waals surface area contributed by atoms with Gasteiger partial charge in [-0.15, -0.1) is 0 Å². The molecule has 2 rings (SSSR count). The maximum Gasteiger partial charge on any atom is 0.141 e. The first kappa shape index (κ1) is 12.3. The Morgan fingerprint density at radius 3 is 2.61 bits per heavy atom. The predicted molar refractivity (Wildman–Crippen MR) is 70.5 cm³/mol. The number of hydrazine groups is 1. The maximum atomic E-state index is 12.8. The Labute approximate surface area is 105 Å². The summed E-state index contributed by atoms with van der Waals surface area (Å²) < 4.78 is 12.8. The number of nitrogens with zero attached hydrogens (tertiary/aromatic N) is 1. The van der Waals surface area contributed by atoms with Gasteiger partial charge in [-0.1, -0.05) is 12.1 Å². The SMILES string of the molecule is CC(Nc1ccnc(NN)c1)c1ccc(F)cc1. The molecular formula is C13H15FN4. The van der Waals surface area contributed by atoms with Crippen LogP contribution in [0, 0.1) is 5.82 Å². The number of pyridine rings is 1. The first-order valence-electron chi connectivity index (χ1n) is 5.63. The molecule has 0 amide bonds. The molecule has 0 aliphatic carbocycles. The van der Waals surface area contributed by atoms with Gasteiger partial charge in [-0.05, 0) is 30.7 Å². The number of aromatic nitrogens is 1. The fraction of sp³-hybridized carbons (Fsp3) is 0.154. The summed E-state index contributed by atoms with van der Waals surface area (Å²) in [5, 5.41) is 3.29. The molecule has 0 aliphatic rings. The van der Waals surface area contributed by atoms with Crippen molar-refractivity contribution in [3.05, 3.63) is 54.0 Å². The molecule has 0 radical (unpaired) electrons. The van der Waals surface area contributed by atoms with Gasteiger partial charge in [0.05, 0.1) is 0 Å². The first-order valence-corrected chi connectivity index (χ1v) is 5.63. The quantitative estimate of drug-likeness (QED) is 0.573. The highest BCUT2D eigenvalue weighted by Crippen LogP contribution is 2.20. The topological polar surface area (TPSA) is 63.0 Å². The molecule has 0 bridgehead atoms. The van der Waals surface area contributed by atoms with E-state index in [0.717, 1.165) is 11.3 Å². The summed E-state index contributed by atoms with van der Waals surface area (Å²) >= 11 is 0. The molecule has 0 aliphatic heterocycles. The van der Waals surface area contributed by atoms with E-state index in [4.69, 9.17) is 5.84 Å². The minimum atomic E-state index is -0.232. The Hall–Kier alpha value is -2.14. The van der Waals surface area contributed by atoms with Crippen molar-refractivity contribution in [2.45, 2.75) is 13.0 Å². The molecule has 4 N–H and O–H groups in total. The van der Waals surface area contributed by atoms with E-state index in [1.54, 1.807) is 24.4 Å². The summed E-state index contributed by atoms with van der Waals surface area (Å²) in [6, 6.07) is 10.1. The van der Waals surface area contributed by atoms with Gasteiger partial charge in [-0.25, -0.2) is 15.2 Å². The van der Waals surface area contributed by atoms with Crippen molar-refractivity contribution < 1.29 is 4.39 Å². The van der Waals surface area contributed by atoms with Gasteiger partial charge in [0, 0.05) is 24.0 Å². The third-order valence-electron chi connectivity index (χ3n) is 2.66. The standard InChI is InChI=1S/C13H15FN4/c1-9(10-2-4-11(14)5-3-10)17-12-6-7-16-13(8-12)18-15/h2-9H,15H2,1H3,(H2,16,17,18). The van der Waals surface area contributed by atoms with E-state index in [9.17, 15) is 4.39 Å². The van der Waals surface area contributed by atoms with E-state index < -0.39 is 0 Å². The molecule has 1 unspecified atom stereocenters. The second-order valence-corrected chi connectivity index (χ2v) is 3.99. The number of anilines is 2. The number of rotatable bonds is 4. The predicted octanol–water partition coefficient (Wildman–Crippen LogP) is 2.68. The Balaban J connectivity index is 2.10. The molecule has 4 nitrogen and oxygen atoms in total. The number of hydrogen-bond acceptors (Lipinski definition) is 4. The van der Waals surface area contributed by atoms with Crippen molar-refractivity contribution in [2.75, 3.05) is 10.7 Å². The number of hydrogen-bond donors (Lipinski definition) is 3.